The number of nitrogens with zero attached hydrogens (tertiary/aromatic N) is 5. The van der Waals surface area contributed by atoms with Crippen molar-refractivity contribution >= 4 is 52.6 Å². The van der Waals surface area contributed by atoms with Crippen molar-refractivity contribution in [3.8, 4) is 17.4 Å². The number of hydrogen-bond donors (Lipinski definition) is 5. The van der Waals surface area contributed by atoms with Gasteiger partial charge in [0.05, 0.1) is 5.54 Å². The smallest absolute Gasteiger partial charge is 0.422 e. The predicted octanol–water partition coefficient (Wildman–Crippen LogP) is 6.18. The van der Waals surface area contributed by atoms with Crippen molar-refractivity contribution in [1.82, 2.24) is 35.7 Å². The highest BCUT2D eigenvalue weighted by Crippen LogP contribution is 2.48. The highest BCUT2D eigenvalue weighted by atomic mass is 35.5. The summed E-state index contributed by atoms with van der Waals surface area (Å²) in [5, 5.41) is 18.5. The molecule has 0 unspecified atom stereocenters. The van der Waals surface area contributed by atoms with Gasteiger partial charge in [-0.3, -0.25) is 14.4 Å². The molecule has 1 fully saturated rings. The van der Waals surface area contributed by atoms with Crippen LogP contribution < -0.4 is 31.3 Å². The molecule has 3 amide bonds. The van der Waals surface area contributed by atoms with Crippen molar-refractivity contribution in [3.05, 3.63) is 94.8 Å². The van der Waals surface area contributed by atoms with Crippen molar-refractivity contribution in [1.29, 1.82) is 0 Å². The van der Waals surface area contributed by atoms with E-state index in [2.05, 4.69) is 51.7 Å². The van der Waals surface area contributed by atoms with E-state index in [4.69, 9.17) is 20.9 Å². The van der Waals surface area contributed by atoms with Gasteiger partial charge in [-0.05, 0) is 84.5 Å². The van der Waals surface area contributed by atoms with E-state index >= 15 is 0 Å². The lowest BCUT2D eigenvalue weighted by molar-refractivity contribution is -0.154. The molecule has 1 aliphatic rings. The molecule has 6 rings (SSSR count). The summed E-state index contributed by atoms with van der Waals surface area (Å²) in [6, 6.07) is 19.4. The Morgan fingerprint density at radius 2 is 1.46 bits per heavy atom. The zero-order valence-electron chi connectivity index (χ0n) is 30.3. The minimum absolute atomic E-state index is 0.00473. The van der Waals surface area contributed by atoms with Crippen LogP contribution in [0.5, 0.6) is 6.01 Å². The first kappa shape index (κ1) is 39.4. The Morgan fingerprint density at radius 1 is 0.821 bits per heavy atom. The van der Waals surface area contributed by atoms with Crippen molar-refractivity contribution in [3.63, 3.8) is 0 Å². The van der Waals surface area contributed by atoms with Crippen molar-refractivity contribution in [2.45, 2.75) is 45.3 Å². The fourth-order valence-electron chi connectivity index (χ4n) is 5.30. The summed E-state index contributed by atoms with van der Waals surface area (Å²) in [5.41, 5.74) is 1.56. The number of carbonyl (C=O) groups is 3. The SMILES string of the molecule is Cc1nc(-c2ccc(NC(=O)C(=O)NCC(C)(C)CNC(=O)c3ccc(Nc4nc(NC5(c6ccc(Cl)cc6)CC5)nc(OCC(F)(F)F)n4)cc3)cc2)no1. The number of nitrogens with one attached hydrogen (secondary N) is 5. The zero-order valence-corrected chi connectivity index (χ0v) is 31.0. The quantitative estimate of drug-likeness (QED) is 0.0802. The standard InChI is InChI=1S/C37H36ClF3N10O5/c1-21-44-28(51-56-21)22-4-12-26(13-5-22)45-31(54)30(53)43-19-35(2,3)18-42-29(52)23-6-14-27(15-7-23)46-32-47-33(49-34(48-32)55-20-37(39,40)41)50-36(16-17-36)24-8-10-25(38)11-9-24/h4-15H,16-20H2,1-3H3,(H,42,52)(H,43,53)(H,45,54)(H2,46,47,48,49,50). The number of alkyl halides is 3. The monoisotopic (exact) mass is 792 g/mol. The Hall–Kier alpha value is -6.30. The third kappa shape index (κ3) is 10.7. The number of hydrogen-bond acceptors (Lipinski definition) is 12. The summed E-state index contributed by atoms with van der Waals surface area (Å²) >= 11 is 6.04. The molecular weight excluding hydrogens is 757 g/mol. The lowest BCUT2D eigenvalue weighted by atomic mass is 9.93. The van der Waals surface area contributed by atoms with E-state index < -0.39 is 47.5 Å². The minimum Gasteiger partial charge on any atom is -0.454 e. The second kappa shape index (κ2) is 16.2. The second-order valence-electron chi connectivity index (χ2n) is 13.8. The molecule has 0 saturated heterocycles. The van der Waals surface area contributed by atoms with Gasteiger partial charge < -0.3 is 35.8 Å². The Balaban J connectivity index is 1.01. The van der Waals surface area contributed by atoms with Gasteiger partial charge in [-0.15, -0.1) is 0 Å². The number of anilines is 4. The third-order valence-corrected chi connectivity index (χ3v) is 8.72. The van der Waals surface area contributed by atoms with E-state index in [1.807, 2.05) is 26.0 Å². The normalized spacial score (nSPS) is 13.3. The summed E-state index contributed by atoms with van der Waals surface area (Å²) in [7, 11) is 0. The van der Waals surface area contributed by atoms with Gasteiger partial charge in [0.25, 0.3) is 5.91 Å². The molecule has 0 radical (unpaired) electrons. The number of amides is 3. The summed E-state index contributed by atoms with van der Waals surface area (Å²) in [4.78, 5) is 54.6. The molecule has 19 heteroatoms. The van der Waals surface area contributed by atoms with Crippen LogP contribution in [-0.4, -0.2) is 68.7 Å². The lowest BCUT2D eigenvalue weighted by Gasteiger charge is -2.25. The zero-order chi connectivity index (χ0) is 40.1. The largest absolute Gasteiger partial charge is 0.454 e. The molecule has 0 bridgehead atoms. The molecule has 5 aromatic rings. The van der Waals surface area contributed by atoms with Crippen LogP contribution in [0, 0.1) is 12.3 Å². The molecule has 0 spiro atoms. The first-order valence-corrected chi connectivity index (χ1v) is 17.6. The molecule has 0 aliphatic heterocycles. The van der Waals surface area contributed by atoms with E-state index in [1.54, 1.807) is 55.5 Å². The Labute approximate surface area is 323 Å². The number of ether oxygens (including phenoxy) is 1. The fourth-order valence-corrected chi connectivity index (χ4v) is 5.42. The molecule has 15 nitrogen and oxygen atoms in total. The van der Waals surface area contributed by atoms with E-state index in [9.17, 15) is 27.6 Å². The van der Waals surface area contributed by atoms with E-state index in [-0.39, 0.29) is 25.0 Å². The van der Waals surface area contributed by atoms with Crippen LogP contribution in [0.3, 0.4) is 0 Å². The van der Waals surface area contributed by atoms with Crippen LogP contribution in [0.4, 0.5) is 36.4 Å². The van der Waals surface area contributed by atoms with Crippen molar-refractivity contribution in [2.24, 2.45) is 5.41 Å². The van der Waals surface area contributed by atoms with Gasteiger partial charge >= 0.3 is 24.0 Å². The van der Waals surface area contributed by atoms with E-state index in [1.165, 1.54) is 12.1 Å². The summed E-state index contributed by atoms with van der Waals surface area (Å²) in [6.07, 6.45) is -3.15. The average molecular weight is 793 g/mol. The van der Waals surface area contributed by atoms with Crippen LogP contribution in [0.25, 0.3) is 11.4 Å². The maximum absolute atomic E-state index is 13.0. The molecule has 56 heavy (non-hydrogen) atoms. The Bertz CT molecular complexity index is 2190. The van der Waals surface area contributed by atoms with Crippen LogP contribution in [0.1, 0.15) is 48.5 Å². The third-order valence-electron chi connectivity index (χ3n) is 8.47. The maximum Gasteiger partial charge on any atom is 0.422 e. The summed E-state index contributed by atoms with van der Waals surface area (Å²) < 4.78 is 48.7. The molecule has 1 saturated carbocycles. The van der Waals surface area contributed by atoms with Gasteiger partial charge in [-0.2, -0.15) is 33.1 Å². The highest BCUT2D eigenvalue weighted by Gasteiger charge is 2.45. The first-order chi connectivity index (χ1) is 26.5. The van der Waals surface area contributed by atoms with E-state index in [0.717, 1.165) is 18.4 Å². The number of carbonyl (C=O) groups excluding carboxylic acids is 3. The Morgan fingerprint density at radius 3 is 2.09 bits per heavy atom. The van der Waals surface area contributed by atoms with Gasteiger partial charge in [0.1, 0.15) is 0 Å². The first-order valence-electron chi connectivity index (χ1n) is 17.2. The van der Waals surface area contributed by atoms with Crippen molar-refractivity contribution in [2.75, 3.05) is 35.6 Å². The average Bonchev–Trinajstić information content (AvgIpc) is 3.81. The summed E-state index contributed by atoms with van der Waals surface area (Å²) in [6.45, 7) is 3.93. The van der Waals surface area contributed by atoms with Crippen LogP contribution in [0.2, 0.25) is 5.02 Å². The van der Waals surface area contributed by atoms with Gasteiger partial charge in [0.15, 0.2) is 6.61 Å². The fraction of sp³-hybridized carbons (Fsp3) is 0.297. The molecule has 292 valence electrons. The minimum atomic E-state index is -4.61. The number of aromatic nitrogens is 5. The number of rotatable bonds is 14. The predicted molar refractivity (Wildman–Crippen MR) is 199 cm³/mol. The van der Waals surface area contributed by atoms with Gasteiger partial charge in [0.2, 0.25) is 23.6 Å². The Kier molecular flexibility index (Phi) is 11.4. The summed E-state index contributed by atoms with van der Waals surface area (Å²) in [5.74, 6) is -1.38. The number of aryl methyl sites for hydroxylation is 1. The number of halogens is 4. The lowest BCUT2D eigenvalue weighted by Crippen LogP contribution is -2.44. The molecule has 1 aliphatic carbocycles. The highest BCUT2D eigenvalue weighted by molar-refractivity contribution is 6.39. The van der Waals surface area contributed by atoms with E-state index in [0.29, 0.717) is 39.2 Å². The maximum atomic E-state index is 13.0. The van der Waals surface area contributed by atoms with Crippen LogP contribution in [-0.2, 0) is 15.1 Å². The molecule has 3 aromatic carbocycles. The van der Waals surface area contributed by atoms with Gasteiger partial charge in [-0.1, -0.05) is 42.7 Å². The molecule has 5 N–H and O–H groups in total. The van der Waals surface area contributed by atoms with Crippen LogP contribution in [0.15, 0.2) is 77.3 Å². The number of benzene rings is 3. The molecular formula is C37H36ClF3N10O5. The molecule has 2 heterocycles. The van der Waals surface area contributed by atoms with Crippen LogP contribution >= 0.6 is 11.6 Å². The van der Waals surface area contributed by atoms with Crippen molar-refractivity contribution < 1.29 is 36.8 Å². The topological polar surface area (TPSA) is 198 Å². The second-order valence-corrected chi connectivity index (χ2v) is 14.2. The van der Waals surface area contributed by atoms with Gasteiger partial charge in [0, 0.05) is 47.5 Å². The molecule has 2 aromatic heterocycles. The molecule has 0 atom stereocenters. The van der Waals surface area contributed by atoms with Gasteiger partial charge in [-0.25, -0.2) is 0 Å².